The summed E-state index contributed by atoms with van der Waals surface area (Å²) >= 11 is 0. The number of hydrogen-bond acceptors (Lipinski definition) is 3. The van der Waals surface area contributed by atoms with Gasteiger partial charge in [0.05, 0.1) is 6.67 Å². The number of rotatable bonds is 3. The molecule has 158 valence electrons. The third kappa shape index (κ3) is 3.36. The fourth-order valence-corrected chi connectivity index (χ4v) is 3.75. The maximum absolute atomic E-state index is 14.5. The molecule has 1 atom stereocenters. The fourth-order valence-electron chi connectivity index (χ4n) is 3.75. The van der Waals surface area contributed by atoms with Crippen molar-refractivity contribution in [3.8, 4) is 11.8 Å². The molecule has 6 nitrogen and oxygen atoms in total. The lowest BCUT2D eigenvalue weighted by molar-refractivity contribution is -0.206. The number of alkyl halides is 3. The van der Waals surface area contributed by atoms with Gasteiger partial charge in [0.25, 0.3) is 0 Å². The number of carbonyl (C=O) groups excluding carboxylic acids is 2. The second-order valence-corrected chi connectivity index (χ2v) is 7.54. The monoisotopic (exact) mass is 418 g/mol. The molecule has 0 spiro atoms. The molecular weight excluding hydrogens is 397 g/mol. The van der Waals surface area contributed by atoms with Crippen LogP contribution in [0.3, 0.4) is 0 Å². The first-order valence-electron chi connectivity index (χ1n) is 9.76. The SMILES string of the molecule is CCN1C(=O)Nc2cc(CN3CNC=CC3=O)ccc2[C@@]1(C#CC1CC1)C(F)(F)F. The van der Waals surface area contributed by atoms with E-state index in [0.29, 0.717) is 12.2 Å². The Kier molecular flexibility index (Phi) is 4.88. The molecule has 4 rings (SSSR count). The Morgan fingerprint density at radius 3 is 2.67 bits per heavy atom. The predicted octanol–water partition coefficient (Wildman–Crippen LogP) is 3.13. The number of carbonyl (C=O) groups is 2. The van der Waals surface area contributed by atoms with E-state index in [1.807, 2.05) is 0 Å². The molecule has 3 amide bonds. The summed E-state index contributed by atoms with van der Waals surface area (Å²) in [4.78, 5) is 26.8. The van der Waals surface area contributed by atoms with E-state index in [0.717, 1.165) is 17.7 Å². The van der Waals surface area contributed by atoms with Crippen LogP contribution in [0.4, 0.5) is 23.7 Å². The molecule has 2 aliphatic heterocycles. The minimum absolute atomic E-state index is 0.0543. The molecule has 2 heterocycles. The molecule has 0 bridgehead atoms. The first kappa shape index (κ1) is 20.1. The molecule has 1 aliphatic carbocycles. The first-order chi connectivity index (χ1) is 14.3. The Morgan fingerprint density at radius 1 is 1.27 bits per heavy atom. The number of nitrogens with one attached hydrogen (secondary N) is 2. The number of amides is 3. The number of fused-ring (bicyclic) bond motifs is 1. The molecule has 30 heavy (non-hydrogen) atoms. The highest BCUT2D eigenvalue weighted by Gasteiger charge is 2.63. The van der Waals surface area contributed by atoms with Crippen molar-refractivity contribution in [1.82, 2.24) is 15.1 Å². The van der Waals surface area contributed by atoms with E-state index in [4.69, 9.17) is 0 Å². The summed E-state index contributed by atoms with van der Waals surface area (Å²) in [5, 5.41) is 5.48. The molecule has 0 unspecified atom stereocenters. The van der Waals surface area contributed by atoms with Crippen molar-refractivity contribution in [2.24, 2.45) is 5.92 Å². The van der Waals surface area contributed by atoms with Crippen molar-refractivity contribution in [2.45, 2.75) is 38.0 Å². The largest absolute Gasteiger partial charge is 0.427 e. The summed E-state index contributed by atoms with van der Waals surface area (Å²) in [5.41, 5.74) is -2.13. The highest BCUT2D eigenvalue weighted by molar-refractivity contribution is 5.95. The maximum atomic E-state index is 14.5. The Hall–Kier alpha value is -3.15. The van der Waals surface area contributed by atoms with Gasteiger partial charge < -0.3 is 15.5 Å². The third-order valence-corrected chi connectivity index (χ3v) is 5.44. The van der Waals surface area contributed by atoms with Crippen molar-refractivity contribution in [1.29, 1.82) is 0 Å². The van der Waals surface area contributed by atoms with Crippen molar-refractivity contribution < 1.29 is 22.8 Å². The molecule has 1 saturated carbocycles. The van der Waals surface area contributed by atoms with Gasteiger partial charge in [-0.3, -0.25) is 9.69 Å². The fraction of sp³-hybridized carbons (Fsp3) is 0.429. The summed E-state index contributed by atoms with van der Waals surface area (Å²) in [6.45, 7) is 1.85. The molecule has 1 aromatic rings. The average Bonchev–Trinajstić information content (AvgIpc) is 3.51. The van der Waals surface area contributed by atoms with Gasteiger partial charge in [-0.1, -0.05) is 24.0 Å². The zero-order chi connectivity index (χ0) is 21.5. The minimum Gasteiger partial charge on any atom is -0.373 e. The normalized spacial score (nSPS) is 23.3. The molecule has 2 N–H and O–H groups in total. The van der Waals surface area contributed by atoms with Crippen LogP contribution >= 0.6 is 0 Å². The van der Waals surface area contributed by atoms with Crippen LogP contribution < -0.4 is 10.6 Å². The number of hydrogen-bond donors (Lipinski definition) is 2. The van der Waals surface area contributed by atoms with Crippen molar-refractivity contribution in [3.63, 3.8) is 0 Å². The second-order valence-electron chi connectivity index (χ2n) is 7.54. The molecule has 1 aromatic carbocycles. The smallest absolute Gasteiger partial charge is 0.373 e. The van der Waals surface area contributed by atoms with E-state index >= 15 is 0 Å². The van der Waals surface area contributed by atoms with Gasteiger partial charge in [-0.25, -0.2) is 4.79 Å². The summed E-state index contributed by atoms with van der Waals surface area (Å²) in [6.07, 6.45) is -0.308. The average molecular weight is 418 g/mol. The highest BCUT2D eigenvalue weighted by atomic mass is 19.4. The van der Waals surface area contributed by atoms with E-state index in [1.54, 1.807) is 12.3 Å². The molecule has 0 saturated heterocycles. The van der Waals surface area contributed by atoms with E-state index in [9.17, 15) is 22.8 Å². The van der Waals surface area contributed by atoms with Gasteiger partial charge in [0.1, 0.15) is 0 Å². The number of anilines is 1. The zero-order valence-corrected chi connectivity index (χ0v) is 16.3. The zero-order valence-electron chi connectivity index (χ0n) is 16.3. The molecule has 0 aromatic heterocycles. The van der Waals surface area contributed by atoms with Gasteiger partial charge in [-0.15, -0.1) is 0 Å². The van der Waals surface area contributed by atoms with Crippen LogP contribution in [0, 0.1) is 17.8 Å². The molecule has 1 fully saturated rings. The first-order valence-corrected chi connectivity index (χ1v) is 9.76. The Morgan fingerprint density at radius 2 is 2.03 bits per heavy atom. The lowest BCUT2D eigenvalue weighted by atomic mass is 9.83. The van der Waals surface area contributed by atoms with Gasteiger partial charge in [0.2, 0.25) is 11.4 Å². The van der Waals surface area contributed by atoms with E-state index in [-0.39, 0.29) is 36.2 Å². The topological polar surface area (TPSA) is 64.7 Å². The van der Waals surface area contributed by atoms with Gasteiger partial charge in [0.15, 0.2) is 0 Å². The lowest BCUT2D eigenvalue weighted by Gasteiger charge is -2.45. The van der Waals surface area contributed by atoms with Gasteiger partial charge in [-0.05, 0) is 31.4 Å². The van der Waals surface area contributed by atoms with Crippen LogP contribution in [-0.2, 0) is 16.9 Å². The number of benzene rings is 1. The third-order valence-electron chi connectivity index (χ3n) is 5.44. The summed E-state index contributed by atoms with van der Waals surface area (Å²) < 4.78 is 43.5. The van der Waals surface area contributed by atoms with Crippen LogP contribution in [0.1, 0.15) is 30.9 Å². The summed E-state index contributed by atoms with van der Waals surface area (Å²) in [5.74, 6) is 4.91. The number of halogens is 3. The maximum Gasteiger partial charge on any atom is 0.427 e. The van der Waals surface area contributed by atoms with Gasteiger partial charge >= 0.3 is 12.2 Å². The van der Waals surface area contributed by atoms with Crippen molar-refractivity contribution >= 4 is 17.6 Å². The molecule has 3 aliphatic rings. The molecular formula is C21H21F3N4O2. The lowest BCUT2D eigenvalue weighted by Crippen LogP contribution is -2.61. The van der Waals surface area contributed by atoms with Gasteiger partial charge in [-0.2, -0.15) is 13.2 Å². The van der Waals surface area contributed by atoms with Crippen LogP contribution in [0.25, 0.3) is 0 Å². The Bertz CT molecular complexity index is 975. The predicted molar refractivity (Wildman–Crippen MR) is 104 cm³/mol. The highest BCUT2D eigenvalue weighted by Crippen LogP contribution is 2.49. The minimum atomic E-state index is -4.78. The Labute approximate surface area is 172 Å². The van der Waals surface area contributed by atoms with Gasteiger partial charge in [0, 0.05) is 42.5 Å². The van der Waals surface area contributed by atoms with Crippen molar-refractivity contribution in [3.05, 3.63) is 41.6 Å². The van der Waals surface area contributed by atoms with Crippen molar-refractivity contribution in [2.75, 3.05) is 18.5 Å². The quantitative estimate of drug-likeness (QED) is 0.742. The van der Waals surface area contributed by atoms with Crippen LogP contribution in [0.5, 0.6) is 0 Å². The van der Waals surface area contributed by atoms with Crippen LogP contribution in [0.15, 0.2) is 30.5 Å². The summed E-state index contributed by atoms with van der Waals surface area (Å²) in [6, 6.07) is 3.56. The molecule has 0 radical (unpaired) electrons. The Balaban J connectivity index is 1.78. The van der Waals surface area contributed by atoms with Crippen LogP contribution in [0.2, 0.25) is 0 Å². The number of nitrogens with zero attached hydrogens (tertiary/aromatic N) is 2. The van der Waals surface area contributed by atoms with E-state index in [1.165, 1.54) is 30.0 Å². The second kappa shape index (κ2) is 7.27. The van der Waals surface area contributed by atoms with E-state index in [2.05, 4.69) is 22.5 Å². The van der Waals surface area contributed by atoms with E-state index < -0.39 is 17.7 Å². The molecule has 9 heteroatoms. The standard InChI is InChI=1S/C21H21F3N4O2/c1-2-28-19(30)26-17-11-15(12-27-13-25-10-8-18(27)29)5-6-16(17)20(28,21(22,23)24)9-7-14-3-4-14/h5-6,8,10-11,14,25H,2-4,12-13H2,1H3,(H,26,30)/t20-/m0/s1. The van der Waals surface area contributed by atoms with Crippen LogP contribution in [-0.4, -0.2) is 41.1 Å². The number of urea groups is 1. The summed E-state index contributed by atoms with van der Waals surface area (Å²) in [7, 11) is 0.